The van der Waals surface area contributed by atoms with E-state index in [2.05, 4.69) is 10.3 Å². The summed E-state index contributed by atoms with van der Waals surface area (Å²) < 4.78 is 5.54. The highest BCUT2D eigenvalue weighted by molar-refractivity contribution is 7.99. The number of thioether (sulfide) groups is 1. The molecule has 1 saturated heterocycles. The first kappa shape index (κ1) is 11.9. The largest absolute Gasteiger partial charge is 0.377 e. The van der Waals surface area contributed by atoms with Crippen LogP contribution in [0.25, 0.3) is 0 Å². The van der Waals surface area contributed by atoms with E-state index in [0.29, 0.717) is 6.10 Å². The summed E-state index contributed by atoms with van der Waals surface area (Å²) in [6.45, 7) is 2.94. The van der Waals surface area contributed by atoms with E-state index in [1.807, 2.05) is 24.4 Å². The maximum atomic E-state index is 5.54. The van der Waals surface area contributed by atoms with E-state index in [9.17, 15) is 0 Å². The highest BCUT2D eigenvalue weighted by Gasteiger charge is 2.13. The minimum absolute atomic E-state index is 0.444. The van der Waals surface area contributed by atoms with Crippen molar-refractivity contribution in [2.45, 2.75) is 24.0 Å². The smallest absolute Gasteiger partial charge is 0.0960 e. The SMILES string of the molecule is c1ccc(SCCNCC2CCCO2)nc1. The molecular formula is C12H18N2OS. The van der Waals surface area contributed by atoms with Crippen LogP contribution in [0.4, 0.5) is 0 Å². The molecule has 0 bridgehead atoms. The molecule has 0 aromatic carbocycles. The fourth-order valence-electron chi connectivity index (χ4n) is 1.73. The molecule has 0 aliphatic carbocycles. The molecule has 16 heavy (non-hydrogen) atoms. The summed E-state index contributed by atoms with van der Waals surface area (Å²) in [6, 6.07) is 6.01. The minimum Gasteiger partial charge on any atom is -0.377 e. The average Bonchev–Trinajstić information content (AvgIpc) is 2.83. The molecule has 1 unspecified atom stereocenters. The summed E-state index contributed by atoms with van der Waals surface area (Å²) >= 11 is 1.79. The second-order valence-electron chi connectivity index (χ2n) is 3.86. The third-order valence-electron chi connectivity index (χ3n) is 2.56. The number of rotatable bonds is 6. The van der Waals surface area contributed by atoms with Crippen molar-refractivity contribution in [3.05, 3.63) is 24.4 Å². The molecule has 0 spiro atoms. The lowest BCUT2D eigenvalue weighted by Gasteiger charge is -2.10. The molecule has 3 nitrogen and oxygen atoms in total. The lowest BCUT2D eigenvalue weighted by molar-refractivity contribution is 0.110. The van der Waals surface area contributed by atoms with Gasteiger partial charge < -0.3 is 10.1 Å². The third-order valence-corrected chi connectivity index (χ3v) is 3.51. The molecule has 2 heterocycles. The Kier molecular flexibility index (Phi) is 5.12. The highest BCUT2D eigenvalue weighted by Crippen LogP contribution is 2.13. The van der Waals surface area contributed by atoms with Crippen molar-refractivity contribution < 1.29 is 4.74 Å². The molecule has 1 aliphatic rings. The number of nitrogens with one attached hydrogen (secondary N) is 1. The Morgan fingerprint density at radius 3 is 3.25 bits per heavy atom. The van der Waals surface area contributed by atoms with Gasteiger partial charge in [0.05, 0.1) is 11.1 Å². The predicted octanol–water partition coefficient (Wildman–Crippen LogP) is 1.94. The molecule has 1 aromatic heterocycles. The molecule has 88 valence electrons. The van der Waals surface area contributed by atoms with Gasteiger partial charge in [-0.05, 0) is 25.0 Å². The van der Waals surface area contributed by atoms with Crippen molar-refractivity contribution in [3.63, 3.8) is 0 Å². The monoisotopic (exact) mass is 238 g/mol. The van der Waals surface area contributed by atoms with Crippen LogP contribution < -0.4 is 5.32 Å². The predicted molar refractivity (Wildman–Crippen MR) is 66.8 cm³/mol. The zero-order chi connectivity index (χ0) is 11.1. The van der Waals surface area contributed by atoms with Gasteiger partial charge in [0.2, 0.25) is 0 Å². The van der Waals surface area contributed by atoms with Crippen LogP contribution in [0, 0.1) is 0 Å². The number of hydrogen-bond acceptors (Lipinski definition) is 4. The van der Waals surface area contributed by atoms with Crippen LogP contribution >= 0.6 is 11.8 Å². The van der Waals surface area contributed by atoms with Gasteiger partial charge in [0.25, 0.3) is 0 Å². The second-order valence-corrected chi connectivity index (χ2v) is 4.97. The maximum absolute atomic E-state index is 5.54. The molecule has 0 amide bonds. The first-order chi connectivity index (χ1) is 7.95. The minimum atomic E-state index is 0.444. The molecule has 4 heteroatoms. The highest BCUT2D eigenvalue weighted by atomic mass is 32.2. The Morgan fingerprint density at radius 1 is 1.50 bits per heavy atom. The summed E-state index contributed by atoms with van der Waals surface area (Å²) in [5, 5.41) is 4.52. The summed E-state index contributed by atoms with van der Waals surface area (Å²) in [4.78, 5) is 4.26. The van der Waals surface area contributed by atoms with Gasteiger partial charge in [0, 0.05) is 31.6 Å². The van der Waals surface area contributed by atoms with Gasteiger partial charge in [-0.3, -0.25) is 0 Å². The molecule has 1 N–H and O–H groups in total. The zero-order valence-corrected chi connectivity index (χ0v) is 10.2. The molecule has 2 rings (SSSR count). The van der Waals surface area contributed by atoms with Gasteiger partial charge in [-0.1, -0.05) is 6.07 Å². The molecule has 1 atom stereocenters. The van der Waals surface area contributed by atoms with Gasteiger partial charge in [0.1, 0.15) is 0 Å². The molecule has 1 fully saturated rings. The Balaban J connectivity index is 1.52. The fourth-order valence-corrected chi connectivity index (χ4v) is 2.49. The van der Waals surface area contributed by atoms with Gasteiger partial charge in [0.15, 0.2) is 0 Å². The number of hydrogen-bond donors (Lipinski definition) is 1. The standard InChI is InChI=1S/C12H18N2OS/c1-2-6-14-12(5-1)16-9-7-13-10-11-4-3-8-15-11/h1-2,5-6,11,13H,3-4,7-10H2. The van der Waals surface area contributed by atoms with Crippen LogP contribution in [-0.4, -0.2) is 36.5 Å². The summed E-state index contributed by atoms with van der Waals surface area (Å²) in [6.07, 6.45) is 4.71. The van der Waals surface area contributed by atoms with Crippen LogP contribution in [0.15, 0.2) is 29.4 Å². The zero-order valence-electron chi connectivity index (χ0n) is 9.39. The van der Waals surface area contributed by atoms with Crippen molar-refractivity contribution in [2.75, 3.05) is 25.4 Å². The van der Waals surface area contributed by atoms with Crippen LogP contribution in [0.1, 0.15) is 12.8 Å². The van der Waals surface area contributed by atoms with E-state index in [0.717, 1.165) is 30.5 Å². The first-order valence-corrected chi connectivity index (χ1v) is 6.80. The Hall–Kier alpha value is -0.580. The summed E-state index contributed by atoms with van der Waals surface area (Å²) in [7, 11) is 0. The first-order valence-electron chi connectivity index (χ1n) is 5.81. The molecular weight excluding hydrogens is 220 g/mol. The van der Waals surface area contributed by atoms with Gasteiger partial charge >= 0.3 is 0 Å². The van der Waals surface area contributed by atoms with E-state index >= 15 is 0 Å². The van der Waals surface area contributed by atoms with Crippen molar-refractivity contribution in [2.24, 2.45) is 0 Å². The number of pyridine rings is 1. The molecule has 1 aromatic rings. The number of aromatic nitrogens is 1. The topological polar surface area (TPSA) is 34.1 Å². The molecule has 0 radical (unpaired) electrons. The van der Waals surface area contributed by atoms with Gasteiger partial charge in [-0.2, -0.15) is 0 Å². The number of ether oxygens (including phenoxy) is 1. The Morgan fingerprint density at radius 2 is 2.50 bits per heavy atom. The van der Waals surface area contributed by atoms with Crippen LogP contribution in [0.3, 0.4) is 0 Å². The van der Waals surface area contributed by atoms with E-state index in [1.165, 1.54) is 12.8 Å². The van der Waals surface area contributed by atoms with E-state index in [4.69, 9.17) is 4.74 Å². The lowest BCUT2D eigenvalue weighted by atomic mass is 10.2. The van der Waals surface area contributed by atoms with Gasteiger partial charge in [-0.15, -0.1) is 11.8 Å². The van der Waals surface area contributed by atoms with Crippen molar-refractivity contribution >= 4 is 11.8 Å². The van der Waals surface area contributed by atoms with Crippen LogP contribution in [0.2, 0.25) is 0 Å². The quantitative estimate of drug-likeness (QED) is 0.607. The third kappa shape index (κ3) is 4.12. The summed E-state index contributed by atoms with van der Waals surface area (Å²) in [5.74, 6) is 1.06. The Labute approximate surface area is 101 Å². The molecule has 0 saturated carbocycles. The van der Waals surface area contributed by atoms with Gasteiger partial charge in [-0.25, -0.2) is 4.98 Å². The maximum Gasteiger partial charge on any atom is 0.0960 e. The van der Waals surface area contributed by atoms with Crippen LogP contribution in [-0.2, 0) is 4.74 Å². The van der Waals surface area contributed by atoms with E-state index < -0.39 is 0 Å². The number of nitrogens with zero attached hydrogens (tertiary/aromatic N) is 1. The fraction of sp³-hybridized carbons (Fsp3) is 0.583. The summed E-state index contributed by atoms with van der Waals surface area (Å²) in [5.41, 5.74) is 0. The average molecular weight is 238 g/mol. The lowest BCUT2D eigenvalue weighted by Crippen LogP contribution is -2.27. The van der Waals surface area contributed by atoms with E-state index in [1.54, 1.807) is 11.8 Å². The normalized spacial score (nSPS) is 20.1. The van der Waals surface area contributed by atoms with Crippen molar-refractivity contribution in [3.8, 4) is 0 Å². The van der Waals surface area contributed by atoms with Crippen molar-refractivity contribution in [1.82, 2.24) is 10.3 Å². The van der Waals surface area contributed by atoms with E-state index in [-0.39, 0.29) is 0 Å². The van der Waals surface area contributed by atoms with Crippen molar-refractivity contribution in [1.29, 1.82) is 0 Å². The van der Waals surface area contributed by atoms with Crippen LogP contribution in [0.5, 0.6) is 0 Å². The Bertz CT molecular complexity index is 288. The molecule has 1 aliphatic heterocycles. The second kappa shape index (κ2) is 6.89.